The summed E-state index contributed by atoms with van der Waals surface area (Å²) in [6, 6.07) is 24.9. The molecular formula is C55H64N10O12. The van der Waals surface area contributed by atoms with Gasteiger partial charge in [0.25, 0.3) is 5.91 Å². The Morgan fingerprint density at radius 2 is 1.08 bits per heavy atom. The van der Waals surface area contributed by atoms with E-state index in [2.05, 4.69) is 37.2 Å². The molecule has 7 amide bonds. The van der Waals surface area contributed by atoms with Crippen LogP contribution in [0.3, 0.4) is 0 Å². The number of fused-ring (bicyclic) bond motifs is 1. The first-order chi connectivity index (χ1) is 36.9. The fourth-order valence-corrected chi connectivity index (χ4v) is 8.97. The van der Waals surface area contributed by atoms with Crippen molar-refractivity contribution in [2.45, 2.75) is 93.8 Å². The van der Waals surface area contributed by atoms with Crippen molar-refractivity contribution in [3.8, 4) is 16.9 Å². The molecule has 22 nitrogen and oxygen atoms in total. The van der Waals surface area contributed by atoms with Crippen LogP contribution in [-0.2, 0) is 52.8 Å². The first kappa shape index (κ1) is 57.4. The molecule has 6 rings (SSSR count). The molecule has 3 aromatic carbocycles. The predicted octanol–water partition coefficient (Wildman–Crippen LogP) is 0.0694. The third-order valence-electron chi connectivity index (χ3n) is 13.0. The molecule has 8 atom stereocenters. The molecule has 1 heterocycles. The van der Waals surface area contributed by atoms with Crippen LogP contribution in [0, 0.1) is 5.41 Å². The Morgan fingerprint density at radius 3 is 1.56 bits per heavy atom. The van der Waals surface area contributed by atoms with Gasteiger partial charge in [-0.15, -0.1) is 0 Å². The van der Waals surface area contributed by atoms with Crippen molar-refractivity contribution >= 4 is 53.3 Å². The minimum Gasteiger partial charge on any atom is -0.508 e. The van der Waals surface area contributed by atoms with E-state index in [1.54, 1.807) is 79.7 Å². The number of aliphatic hydroxyl groups is 2. The lowest BCUT2D eigenvalue weighted by Gasteiger charge is -2.31. The summed E-state index contributed by atoms with van der Waals surface area (Å²) in [5, 5.41) is 65.4. The van der Waals surface area contributed by atoms with Gasteiger partial charge in [0.05, 0.1) is 13.2 Å². The van der Waals surface area contributed by atoms with Gasteiger partial charge in [0.2, 0.25) is 35.4 Å². The van der Waals surface area contributed by atoms with Crippen molar-refractivity contribution < 1.29 is 58.8 Å². The summed E-state index contributed by atoms with van der Waals surface area (Å²) < 4.78 is 0. The Kier molecular flexibility index (Phi) is 20.6. The maximum Gasteiger partial charge on any atom is 0.328 e. The monoisotopic (exact) mass is 1060 g/mol. The summed E-state index contributed by atoms with van der Waals surface area (Å²) in [5.41, 5.74) is 8.89. The number of nitrogens with one attached hydrogen (secondary N) is 8. The minimum absolute atomic E-state index is 0.0200. The number of guanidine groups is 1. The zero-order valence-electron chi connectivity index (χ0n) is 42.2. The number of aliphatic carboxylic acids is 1. The van der Waals surface area contributed by atoms with Crippen LogP contribution in [0.2, 0.25) is 0 Å². The molecule has 3 aromatic rings. The van der Waals surface area contributed by atoms with Crippen molar-refractivity contribution in [2.24, 2.45) is 5.73 Å². The number of phenols is 1. The van der Waals surface area contributed by atoms with Crippen molar-refractivity contribution in [1.29, 1.82) is 5.41 Å². The Hall–Kier alpha value is -8.89. The van der Waals surface area contributed by atoms with Crippen molar-refractivity contribution in [3.63, 3.8) is 0 Å². The van der Waals surface area contributed by atoms with Gasteiger partial charge in [-0.3, -0.25) is 39.0 Å². The minimum atomic E-state index is -1.68. The molecule has 0 aromatic heterocycles. The average Bonchev–Trinajstić information content (AvgIpc) is 3.86. The van der Waals surface area contributed by atoms with Gasteiger partial charge in [-0.2, -0.15) is 0 Å². The quantitative estimate of drug-likeness (QED) is 0.0198. The van der Waals surface area contributed by atoms with E-state index >= 15 is 0 Å². The first-order valence-electron chi connectivity index (χ1n) is 25.0. The molecule has 0 spiro atoms. The summed E-state index contributed by atoms with van der Waals surface area (Å²) >= 11 is 0. The predicted molar refractivity (Wildman–Crippen MR) is 282 cm³/mol. The number of phenolic OH excluding ortho intramolecular Hbond substituents is 1. The molecule has 0 saturated carbocycles. The highest BCUT2D eigenvalue weighted by molar-refractivity contribution is 6.02. The van der Waals surface area contributed by atoms with Gasteiger partial charge in [-0.25, -0.2) is 4.79 Å². The molecule has 8 unspecified atom stereocenters. The number of carboxylic acid groups (broad SMARTS) is 1. The fourth-order valence-electron chi connectivity index (χ4n) is 8.97. The zero-order chi connectivity index (χ0) is 55.6. The number of nitrogens with two attached hydrogens (primary N) is 1. The lowest BCUT2D eigenvalue weighted by Crippen LogP contribution is -2.60. The van der Waals surface area contributed by atoms with Gasteiger partial charge in [0.1, 0.15) is 48.0 Å². The number of carbonyl (C=O) groups excluding carboxylic acids is 7. The van der Waals surface area contributed by atoms with Gasteiger partial charge in [0, 0.05) is 37.4 Å². The summed E-state index contributed by atoms with van der Waals surface area (Å²) in [6.45, 7) is -0.00330. The molecule has 3 aliphatic rings. The van der Waals surface area contributed by atoms with Gasteiger partial charge < -0.3 is 68.3 Å². The van der Waals surface area contributed by atoms with E-state index in [1.807, 2.05) is 30.3 Å². The number of rotatable bonds is 26. The Balaban J connectivity index is 1.24. The van der Waals surface area contributed by atoms with Crippen molar-refractivity contribution in [2.75, 3.05) is 19.8 Å². The van der Waals surface area contributed by atoms with E-state index in [-0.39, 0.29) is 62.3 Å². The standard InChI is InChI=1S/C55H64N10O12/c1-32-24-43(53(75)65(32)46(18-11-23-58-55(56)57)52(74)64-45(31-67)54(76)77)62-50(72)42(27-35-19-21-39(68)22-20-35)60-48(70)40(25-33-12-5-2-6-13-33)59-49(71)41(26-34-14-7-3-8-15-34)61-51(73)44(30-66)63-47(69)38-28-36-16-9-4-10-17-37(36)29-38/h2-10,12-17,19-22,28-29,32,40-46,66-68H,11,18,23-27,30-31H2,1H3,(H,59,71)(H,60,70)(H,61,73)(H,62,72)(H,63,69)(H,64,74)(H,76,77)(H4,56,57,58). The summed E-state index contributed by atoms with van der Waals surface area (Å²) in [5.74, 6) is -7.55. The number of nitrogens with zero attached hydrogens (tertiary/aromatic N) is 1. The van der Waals surface area contributed by atoms with E-state index in [0.717, 1.165) is 11.1 Å². The maximum atomic E-state index is 14.7. The maximum absolute atomic E-state index is 14.7. The summed E-state index contributed by atoms with van der Waals surface area (Å²) in [4.78, 5) is 112. The zero-order valence-corrected chi connectivity index (χ0v) is 42.2. The number of carbonyl (C=O) groups is 8. The molecule has 0 bridgehead atoms. The molecule has 77 heavy (non-hydrogen) atoms. The fraction of sp³-hybridized carbons (Fsp3) is 0.327. The number of benzene rings is 3. The Labute approximate surface area is 444 Å². The van der Waals surface area contributed by atoms with Crippen LogP contribution in [-0.4, -0.2) is 147 Å². The molecule has 0 radical (unpaired) electrons. The third kappa shape index (κ3) is 16.3. The lowest BCUT2D eigenvalue weighted by molar-refractivity contribution is -0.146. The van der Waals surface area contributed by atoms with E-state index in [9.17, 15) is 58.8 Å². The number of hydrogen-bond acceptors (Lipinski definition) is 12. The molecule has 2 aliphatic carbocycles. The number of hydrogen-bond donors (Lipinski definition) is 13. The summed E-state index contributed by atoms with van der Waals surface area (Å²) in [6.07, 6.45) is -0.251. The number of aliphatic hydroxyl groups excluding tert-OH is 2. The highest BCUT2D eigenvalue weighted by Crippen LogP contribution is 2.26. The van der Waals surface area contributed by atoms with Gasteiger partial charge in [-0.1, -0.05) is 103 Å². The first-order valence-corrected chi connectivity index (χ1v) is 25.0. The van der Waals surface area contributed by atoms with Crippen LogP contribution < -0.4 is 43.0 Å². The molecular weight excluding hydrogens is 993 g/mol. The molecule has 1 aliphatic heterocycles. The second-order valence-electron chi connectivity index (χ2n) is 18.7. The molecule has 14 N–H and O–H groups in total. The molecule has 1 fully saturated rings. The van der Waals surface area contributed by atoms with E-state index in [0.29, 0.717) is 16.7 Å². The molecule has 22 heteroatoms. The van der Waals surface area contributed by atoms with Crippen LogP contribution in [0.1, 0.15) is 53.2 Å². The largest absolute Gasteiger partial charge is 0.508 e. The van der Waals surface area contributed by atoms with Gasteiger partial charge >= 0.3 is 5.97 Å². The van der Waals surface area contributed by atoms with Crippen LogP contribution >= 0.6 is 0 Å². The molecule has 1 saturated heterocycles. The van der Waals surface area contributed by atoms with Crippen LogP contribution in [0.15, 0.2) is 127 Å². The molecule has 406 valence electrons. The average molecular weight is 1060 g/mol. The van der Waals surface area contributed by atoms with E-state index in [1.165, 1.54) is 29.2 Å². The topological polar surface area (TPSA) is 355 Å². The van der Waals surface area contributed by atoms with Gasteiger partial charge in [0.15, 0.2) is 5.96 Å². The number of likely N-dealkylation sites (tertiary alicyclic amines) is 1. The van der Waals surface area contributed by atoms with E-state index < -0.39 is 109 Å². The van der Waals surface area contributed by atoms with Crippen LogP contribution in [0.4, 0.5) is 0 Å². The number of carboxylic acids is 1. The SMILES string of the molecule is CC1CC(NC(=O)C(Cc2ccc(O)cc2)NC(=O)C(Cc2ccccc2)NC(=O)C(Cc2ccccc2)NC(=O)C(CO)NC(=O)c2cc3cccccc-3c2)C(=O)N1C(CCCNC(=N)N)C(=O)NC(CO)C(=O)O. The Bertz CT molecular complexity index is 2810. The van der Waals surface area contributed by atoms with Crippen LogP contribution in [0.25, 0.3) is 11.1 Å². The highest BCUT2D eigenvalue weighted by Gasteiger charge is 2.45. The smallest absolute Gasteiger partial charge is 0.328 e. The Morgan fingerprint density at radius 1 is 0.623 bits per heavy atom. The third-order valence-corrected chi connectivity index (χ3v) is 13.0. The van der Waals surface area contributed by atoms with E-state index in [4.69, 9.17) is 11.1 Å². The van der Waals surface area contributed by atoms with Crippen LogP contribution in [0.5, 0.6) is 5.75 Å². The second-order valence-corrected chi connectivity index (χ2v) is 18.7. The normalized spacial score (nSPS) is 16.4. The summed E-state index contributed by atoms with van der Waals surface area (Å²) in [7, 11) is 0. The second kappa shape index (κ2) is 27.6. The van der Waals surface area contributed by atoms with Crippen molar-refractivity contribution in [3.05, 3.63) is 150 Å². The lowest BCUT2D eigenvalue weighted by atomic mass is 10.0. The van der Waals surface area contributed by atoms with Gasteiger partial charge in [-0.05, 0) is 78.3 Å². The number of amides is 7. The highest BCUT2D eigenvalue weighted by atomic mass is 16.4. The van der Waals surface area contributed by atoms with Crippen molar-refractivity contribution in [1.82, 2.24) is 42.1 Å². The number of aromatic hydroxyl groups is 1.